The molecule has 1 amide bonds. The zero-order valence-corrected chi connectivity index (χ0v) is 14.8. The number of hydrogen-bond donors (Lipinski definition) is 0. The molecule has 0 saturated carbocycles. The predicted octanol–water partition coefficient (Wildman–Crippen LogP) is 4.03. The lowest BCUT2D eigenvalue weighted by Crippen LogP contribution is -2.43. The van der Waals surface area contributed by atoms with Crippen LogP contribution in [0.4, 0.5) is 0 Å². The Labute approximate surface area is 134 Å². The molecule has 1 aromatic carbocycles. The minimum absolute atomic E-state index is 0.110. The van der Waals surface area contributed by atoms with Crippen molar-refractivity contribution < 1.29 is 9.53 Å². The first kappa shape index (κ1) is 17.0. The Morgan fingerprint density at radius 2 is 1.59 bits per heavy atom. The zero-order valence-electron chi connectivity index (χ0n) is 14.8. The number of amides is 1. The molecule has 1 aliphatic heterocycles. The largest absolute Gasteiger partial charge is 0.372 e. The van der Waals surface area contributed by atoms with Crippen molar-refractivity contribution in [3.05, 3.63) is 34.4 Å². The lowest BCUT2D eigenvalue weighted by Gasteiger charge is -2.36. The number of piperidine rings is 1. The monoisotopic (exact) mass is 303 g/mol. The lowest BCUT2D eigenvalue weighted by molar-refractivity contribution is -0.0791. The summed E-state index contributed by atoms with van der Waals surface area (Å²) in [7, 11) is 0. The summed E-state index contributed by atoms with van der Waals surface area (Å²) in [6.07, 6.45) is 2.11. The molecule has 3 nitrogen and oxygen atoms in total. The Kier molecular flexibility index (Phi) is 4.96. The van der Waals surface area contributed by atoms with Crippen LogP contribution >= 0.6 is 0 Å². The van der Waals surface area contributed by atoms with E-state index >= 15 is 0 Å². The van der Waals surface area contributed by atoms with Gasteiger partial charge in [0.05, 0.1) is 11.7 Å². The van der Waals surface area contributed by atoms with Crippen molar-refractivity contribution in [2.45, 2.75) is 66.1 Å². The van der Waals surface area contributed by atoms with E-state index in [1.807, 2.05) is 18.7 Å². The van der Waals surface area contributed by atoms with Crippen LogP contribution in [0.25, 0.3) is 0 Å². The van der Waals surface area contributed by atoms with E-state index in [4.69, 9.17) is 4.74 Å². The summed E-state index contributed by atoms with van der Waals surface area (Å²) in [5.41, 5.74) is 4.14. The van der Waals surface area contributed by atoms with E-state index in [-0.39, 0.29) is 17.6 Å². The van der Waals surface area contributed by atoms with E-state index in [2.05, 4.69) is 39.8 Å². The number of ether oxygens (including phenoxy) is 1. The minimum atomic E-state index is -0.110. The van der Waals surface area contributed by atoms with Gasteiger partial charge in [-0.3, -0.25) is 4.79 Å². The number of rotatable bonds is 2. The predicted molar refractivity (Wildman–Crippen MR) is 90.4 cm³/mol. The third-order valence-electron chi connectivity index (χ3n) is 4.14. The fraction of sp³-hybridized carbons (Fsp3) is 0.632. The normalized spacial score (nSPS) is 16.9. The zero-order chi connectivity index (χ0) is 16.5. The Hall–Kier alpha value is -1.35. The molecule has 0 bridgehead atoms. The second-order valence-electron chi connectivity index (χ2n) is 7.50. The van der Waals surface area contributed by atoms with Crippen molar-refractivity contribution >= 4 is 5.91 Å². The van der Waals surface area contributed by atoms with Gasteiger partial charge in [0.2, 0.25) is 0 Å². The van der Waals surface area contributed by atoms with Crippen LogP contribution in [0.2, 0.25) is 0 Å². The van der Waals surface area contributed by atoms with E-state index in [9.17, 15) is 4.79 Å². The summed E-state index contributed by atoms with van der Waals surface area (Å²) in [6.45, 7) is 14.0. The van der Waals surface area contributed by atoms with E-state index in [0.29, 0.717) is 0 Å². The molecule has 1 saturated heterocycles. The van der Waals surface area contributed by atoms with Crippen LogP contribution in [0.5, 0.6) is 0 Å². The van der Waals surface area contributed by atoms with Crippen LogP contribution in [0.1, 0.15) is 60.7 Å². The molecule has 0 atom stereocenters. The van der Waals surface area contributed by atoms with E-state index in [1.165, 1.54) is 5.56 Å². The van der Waals surface area contributed by atoms with E-state index in [1.54, 1.807) is 0 Å². The number of hydrogen-bond acceptors (Lipinski definition) is 2. The van der Waals surface area contributed by atoms with Crippen LogP contribution in [-0.2, 0) is 4.74 Å². The van der Waals surface area contributed by atoms with Crippen molar-refractivity contribution in [2.24, 2.45) is 0 Å². The van der Waals surface area contributed by atoms with Crippen molar-refractivity contribution in [1.82, 2.24) is 4.90 Å². The highest BCUT2D eigenvalue weighted by atomic mass is 16.5. The Morgan fingerprint density at radius 3 is 2.05 bits per heavy atom. The molecule has 1 fully saturated rings. The average Bonchev–Trinajstić information content (AvgIpc) is 2.36. The lowest BCUT2D eigenvalue weighted by atomic mass is 9.97. The molecule has 0 N–H and O–H groups in total. The first-order chi connectivity index (χ1) is 10.2. The third-order valence-corrected chi connectivity index (χ3v) is 4.14. The molecule has 0 aliphatic carbocycles. The van der Waals surface area contributed by atoms with Gasteiger partial charge in [-0.05, 0) is 65.5 Å². The molecule has 1 heterocycles. The average molecular weight is 303 g/mol. The van der Waals surface area contributed by atoms with Crippen LogP contribution in [0.15, 0.2) is 12.1 Å². The first-order valence-corrected chi connectivity index (χ1v) is 8.22. The topological polar surface area (TPSA) is 29.5 Å². The number of likely N-dealkylation sites (tertiary alicyclic amines) is 1. The Balaban J connectivity index is 2.04. The molecule has 1 aromatic rings. The highest BCUT2D eigenvalue weighted by Gasteiger charge is 2.28. The van der Waals surface area contributed by atoms with E-state index in [0.717, 1.165) is 42.6 Å². The quantitative estimate of drug-likeness (QED) is 0.825. The summed E-state index contributed by atoms with van der Waals surface area (Å²) in [4.78, 5) is 14.8. The molecule has 122 valence electrons. The summed E-state index contributed by atoms with van der Waals surface area (Å²) < 4.78 is 6.04. The van der Waals surface area contributed by atoms with E-state index < -0.39 is 0 Å². The molecule has 3 heteroatoms. The molecule has 2 rings (SSSR count). The van der Waals surface area contributed by atoms with Crippen LogP contribution < -0.4 is 0 Å². The molecular formula is C19H29NO2. The van der Waals surface area contributed by atoms with Crippen molar-refractivity contribution in [2.75, 3.05) is 13.1 Å². The third kappa shape index (κ3) is 4.10. The molecular weight excluding hydrogens is 274 g/mol. The number of nitrogens with zero attached hydrogens (tertiary/aromatic N) is 1. The van der Waals surface area contributed by atoms with Gasteiger partial charge in [-0.15, -0.1) is 0 Å². The van der Waals surface area contributed by atoms with Crippen LogP contribution in [0.3, 0.4) is 0 Å². The summed E-state index contributed by atoms with van der Waals surface area (Å²) in [5, 5.41) is 0. The van der Waals surface area contributed by atoms with Gasteiger partial charge in [0.1, 0.15) is 0 Å². The fourth-order valence-electron chi connectivity index (χ4n) is 3.35. The summed E-state index contributed by atoms with van der Waals surface area (Å²) in [5.74, 6) is 0.171. The Morgan fingerprint density at radius 1 is 1.09 bits per heavy atom. The van der Waals surface area contributed by atoms with Crippen molar-refractivity contribution in [3.8, 4) is 0 Å². The highest BCUT2D eigenvalue weighted by Crippen LogP contribution is 2.23. The number of benzene rings is 1. The maximum Gasteiger partial charge on any atom is 0.254 e. The highest BCUT2D eigenvalue weighted by molar-refractivity contribution is 5.97. The van der Waals surface area contributed by atoms with Gasteiger partial charge in [-0.2, -0.15) is 0 Å². The SMILES string of the molecule is Cc1cc(C)c(C(=O)N2CCC(OC(C)(C)C)CC2)c(C)c1. The van der Waals surface area contributed by atoms with Gasteiger partial charge in [0.25, 0.3) is 5.91 Å². The van der Waals surface area contributed by atoms with Crippen molar-refractivity contribution in [1.29, 1.82) is 0 Å². The molecule has 1 aliphatic rings. The van der Waals surface area contributed by atoms with Gasteiger partial charge in [-0.1, -0.05) is 17.7 Å². The van der Waals surface area contributed by atoms with Crippen molar-refractivity contribution in [3.63, 3.8) is 0 Å². The molecule has 22 heavy (non-hydrogen) atoms. The second-order valence-corrected chi connectivity index (χ2v) is 7.50. The fourth-order valence-corrected chi connectivity index (χ4v) is 3.35. The Bertz CT molecular complexity index is 526. The first-order valence-electron chi connectivity index (χ1n) is 8.22. The molecule has 0 aromatic heterocycles. The minimum Gasteiger partial charge on any atom is -0.372 e. The van der Waals surface area contributed by atoms with Gasteiger partial charge in [0, 0.05) is 18.7 Å². The van der Waals surface area contributed by atoms with Gasteiger partial charge in [-0.25, -0.2) is 0 Å². The van der Waals surface area contributed by atoms with Crippen LogP contribution in [-0.4, -0.2) is 35.6 Å². The summed E-state index contributed by atoms with van der Waals surface area (Å²) in [6, 6.07) is 4.19. The maximum atomic E-state index is 12.8. The number of carbonyl (C=O) groups is 1. The standard InChI is InChI=1S/C19H29NO2/c1-13-11-14(2)17(15(3)12-13)18(21)20-9-7-16(8-10-20)22-19(4,5)6/h11-12,16H,7-10H2,1-6H3. The van der Waals surface area contributed by atoms with Gasteiger partial charge in [0.15, 0.2) is 0 Å². The number of aryl methyl sites for hydroxylation is 3. The van der Waals surface area contributed by atoms with Crippen LogP contribution in [0, 0.1) is 20.8 Å². The number of carbonyl (C=O) groups excluding carboxylic acids is 1. The summed E-state index contributed by atoms with van der Waals surface area (Å²) >= 11 is 0. The second kappa shape index (κ2) is 6.41. The van der Waals surface area contributed by atoms with Gasteiger partial charge < -0.3 is 9.64 Å². The molecule has 0 radical (unpaired) electrons. The smallest absolute Gasteiger partial charge is 0.254 e. The molecule has 0 spiro atoms. The maximum absolute atomic E-state index is 12.8. The molecule has 0 unspecified atom stereocenters. The van der Waals surface area contributed by atoms with Gasteiger partial charge >= 0.3 is 0 Å².